The van der Waals surface area contributed by atoms with Crippen LogP contribution in [-0.4, -0.2) is 9.97 Å². The summed E-state index contributed by atoms with van der Waals surface area (Å²) in [5.41, 5.74) is 8.66. The fraction of sp³-hybridized carbons (Fsp3) is 0. The van der Waals surface area contributed by atoms with Crippen LogP contribution in [0.15, 0.2) is 162 Å². The molecule has 3 nitrogen and oxygen atoms in total. The Morgan fingerprint density at radius 2 is 1.07 bits per heavy atom. The number of fused-ring (bicyclic) bond motifs is 5. The molecule has 2 aromatic heterocycles. The van der Waals surface area contributed by atoms with Gasteiger partial charge in [-0.2, -0.15) is 0 Å². The van der Waals surface area contributed by atoms with Gasteiger partial charge in [0.25, 0.3) is 0 Å². The highest BCUT2D eigenvalue weighted by atomic mass is 16.3. The Hall–Kier alpha value is -6.06. The fourth-order valence-corrected chi connectivity index (χ4v) is 6.48. The van der Waals surface area contributed by atoms with E-state index >= 15 is 0 Å². The van der Waals surface area contributed by atoms with Gasteiger partial charge in [-0.1, -0.05) is 127 Å². The number of furan rings is 1. The molecular formula is C42H26N2O. The smallest absolute Gasteiger partial charge is 0.161 e. The molecule has 3 heteroatoms. The van der Waals surface area contributed by atoms with Crippen LogP contribution in [0, 0.1) is 0 Å². The van der Waals surface area contributed by atoms with E-state index in [2.05, 4.69) is 140 Å². The zero-order valence-electron chi connectivity index (χ0n) is 24.3. The third-order valence-electron chi connectivity index (χ3n) is 8.66. The van der Waals surface area contributed by atoms with Crippen LogP contribution in [0.3, 0.4) is 0 Å². The number of hydrogen-bond acceptors (Lipinski definition) is 3. The van der Waals surface area contributed by atoms with Crippen LogP contribution in [0.4, 0.5) is 0 Å². The maximum atomic E-state index is 6.51. The molecule has 0 amide bonds. The molecular weight excluding hydrogens is 548 g/mol. The van der Waals surface area contributed by atoms with Gasteiger partial charge in [-0.15, -0.1) is 0 Å². The van der Waals surface area contributed by atoms with Crippen molar-refractivity contribution < 1.29 is 4.42 Å². The second-order valence-corrected chi connectivity index (χ2v) is 11.4. The topological polar surface area (TPSA) is 38.9 Å². The first-order valence-corrected chi connectivity index (χ1v) is 15.2. The van der Waals surface area contributed by atoms with E-state index in [1.807, 2.05) is 18.2 Å². The Kier molecular flexibility index (Phi) is 5.82. The molecule has 0 radical (unpaired) electrons. The van der Waals surface area contributed by atoms with Gasteiger partial charge in [0.15, 0.2) is 5.82 Å². The van der Waals surface area contributed by atoms with Crippen LogP contribution in [0.5, 0.6) is 0 Å². The molecule has 210 valence electrons. The monoisotopic (exact) mass is 574 g/mol. The molecule has 9 aromatic rings. The SMILES string of the molecule is c1ccc(-c2cc(-c3ccc4ccccc4c3)nc(-c3cc(-c4cccc5ccccc45)cc4oc5ccccc5c34)n2)cc1. The van der Waals surface area contributed by atoms with Crippen molar-refractivity contribution in [1.29, 1.82) is 0 Å². The summed E-state index contributed by atoms with van der Waals surface area (Å²) in [5.74, 6) is 0.665. The minimum Gasteiger partial charge on any atom is -0.456 e. The predicted molar refractivity (Wildman–Crippen MR) is 186 cm³/mol. The maximum Gasteiger partial charge on any atom is 0.161 e. The van der Waals surface area contributed by atoms with Crippen LogP contribution in [0.1, 0.15) is 0 Å². The molecule has 0 aliphatic heterocycles. The van der Waals surface area contributed by atoms with Crippen molar-refractivity contribution in [3.05, 3.63) is 158 Å². The zero-order valence-corrected chi connectivity index (χ0v) is 24.3. The van der Waals surface area contributed by atoms with Gasteiger partial charge < -0.3 is 4.42 Å². The van der Waals surface area contributed by atoms with Gasteiger partial charge in [-0.25, -0.2) is 9.97 Å². The van der Waals surface area contributed by atoms with Crippen molar-refractivity contribution in [2.75, 3.05) is 0 Å². The molecule has 0 saturated carbocycles. The number of rotatable bonds is 4. The Labute approximate surface area is 260 Å². The van der Waals surface area contributed by atoms with Crippen molar-refractivity contribution in [1.82, 2.24) is 9.97 Å². The normalized spacial score (nSPS) is 11.6. The maximum absolute atomic E-state index is 6.51. The first-order chi connectivity index (χ1) is 22.3. The number of para-hydroxylation sites is 1. The van der Waals surface area contributed by atoms with E-state index in [4.69, 9.17) is 14.4 Å². The van der Waals surface area contributed by atoms with E-state index in [1.165, 1.54) is 21.5 Å². The molecule has 7 aromatic carbocycles. The van der Waals surface area contributed by atoms with Gasteiger partial charge in [0, 0.05) is 27.5 Å². The average Bonchev–Trinajstić information content (AvgIpc) is 3.49. The summed E-state index contributed by atoms with van der Waals surface area (Å²) in [7, 11) is 0. The van der Waals surface area contributed by atoms with E-state index in [-0.39, 0.29) is 0 Å². The number of aromatic nitrogens is 2. The van der Waals surface area contributed by atoms with Gasteiger partial charge in [-0.3, -0.25) is 0 Å². The molecule has 0 N–H and O–H groups in total. The lowest BCUT2D eigenvalue weighted by molar-refractivity contribution is 0.669. The predicted octanol–water partition coefficient (Wildman–Crippen LogP) is 11.4. The second-order valence-electron chi connectivity index (χ2n) is 11.4. The highest BCUT2D eigenvalue weighted by Gasteiger charge is 2.19. The lowest BCUT2D eigenvalue weighted by atomic mass is 9.94. The van der Waals surface area contributed by atoms with Gasteiger partial charge in [0.1, 0.15) is 11.2 Å². The molecule has 45 heavy (non-hydrogen) atoms. The molecule has 0 fully saturated rings. The van der Waals surface area contributed by atoms with E-state index in [0.29, 0.717) is 5.82 Å². The number of nitrogens with zero attached hydrogens (tertiary/aromatic N) is 2. The van der Waals surface area contributed by atoms with Crippen molar-refractivity contribution in [2.24, 2.45) is 0 Å². The first-order valence-electron chi connectivity index (χ1n) is 15.2. The molecule has 0 aliphatic carbocycles. The highest BCUT2D eigenvalue weighted by Crippen LogP contribution is 2.41. The van der Waals surface area contributed by atoms with Crippen molar-refractivity contribution in [3.8, 4) is 45.0 Å². The first kappa shape index (κ1) is 25.4. The van der Waals surface area contributed by atoms with Crippen LogP contribution in [0.2, 0.25) is 0 Å². The molecule has 0 bridgehead atoms. The summed E-state index contributed by atoms with van der Waals surface area (Å²) < 4.78 is 6.51. The number of benzene rings is 7. The quantitative estimate of drug-likeness (QED) is 0.210. The highest BCUT2D eigenvalue weighted by molar-refractivity contribution is 6.14. The van der Waals surface area contributed by atoms with Crippen molar-refractivity contribution in [3.63, 3.8) is 0 Å². The third-order valence-corrected chi connectivity index (χ3v) is 8.66. The average molecular weight is 575 g/mol. The fourth-order valence-electron chi connectivity index (χ4n) is 6.48. The minimum absolute atomic E-state index is 0.665. The van der Waals surface area contributed by atoms with Crippen molar-refractivity contribution >= 4 is 43.5 Å². The molecule has 0 atom stereocenters. The number of hydrogen-bond donors (Lipinski definition) is 0. The van der Waals surface area contributed by atoms with Gasteiger partial charge in [0.2, 0.25) is 0 Å². The van der Waals surface area contributed by atoms with Crippen LogP contribution in [-0.2, 0) is 0 Å². The summed E-state index contributed by atoms with van der Waals surface area (Å²) in [5, 5.41) is 6.84. The molecule has 0 unspecified atom stereocenters. The third kappa shape index (κ3) is 4.37. The van der Waals surface area contributed by atoms with Crippen LogP contribution < -0.4 is 0 Å². The van der Waals surface area contributed by atoms with E-state index in [0.717, 1.165) is 61.1 Å². The van der Waals surface area contributed by atoms with Gasteiger partial charge in [-0.05, 0) is 63.0 Å². The van der Waals surface area contributed by atoms with Gasteiger partial charge >= 0.3 is 0 Å². The largest absolute Gasteiger partial charge is 0.456 e. The summed E-state index contributed by atoms with van der Waals surface area (Å²) in [6.07, 6.45) is 0. The minimum atomic E-state index is 0.665. The summed E-state index contributed by atoms with van der Waals surface area (Å²) in [6.45, 7) is 0. The standard InChI is InChI=1S/C42H26N2O/c1-2-13-29(14-3-1)37-26-38(31-22-21-27-11-4-5-15-30(27)23-31)44-42(43-37)36-24-32(34-19-10-16-28-12-6-7-17-33(28)34)25-40-41(36)35-18-8-9-20-39(35)45-40/h1-26H. The van der Waals surface area contributed by atoms with Crippen LogP contribution in [0.25, 0.3) is 88.5 Å². The van der Waals surface area contributed by atoms with E-state index in [1.54, 1.807) is 0 Å². The van der Waals surface area contributed by atoms with E-state index < -0.39 is 0 Å². The summed E-state index contributed by atoms with van der Waals surface area (Å²) >= 11 is 0. The zero-order chi connectivity index (χ0) is 29.7. The molecule has 0 saturated heterocycles. The Bertz CT molecular complexity index is 2540. The van der Waals surface area contributed by atoms with Crippen molar-refractivity contribution in [2.45, 2.75) is 0 Å². The Balaban J connectivity index is 1.36. The lowest BCUT2D eigenvalue weighted by Crippen LogP contribution is -1.97. The van der Waals surface area contributed by atoms with Crippen LogP contribution >= 0.6 is 0 Å². The molecule has 0 aliphatic rings. The summed E-state index contributed by atoms with van der Waals surface area (Å²) in [6, 6.07) is 55.0. The summed E-state index contributed by atoms with van der Waals surface area (Å²) in [4.78, 5) is 10.5. The van der Waals surface area contributed by atoms with E-state index in [9.17, 15) is 0 Å². The second kappa shape index (κ2) is 10.3. The lowest BCUT2D eigenvalue weighted by Gasteiger charge is -2.13. The molecule has 9 rings (SSSR count). The molecule has 0 spiro atoms. The Morgan fingerprint density at radius 1 is 0.378 bits per heavy atom. The van der Waals surface area contributed by atoms with Gasteiger partial charge in [0.05, 0.1) is 11.4 Å². The molecule has 2 heterocycles. The Morgan fingerprint density at radius 3 is 1.93 bits per heavy atom.